The van der Waals surface area contributed by atoms with E-state index < -0.39 is 6.10 Å². The van der Waals surface area contributed by atoms with Crippen LogP contribution < -0.4 is 5.73 Å². The zero-order valence-electron chi connectivity index (χ0n) is 12.4. The smallest absolute Gasteiger partial charge is 0.253 e. The molecule has 21 heavy (non-hydrogen) atoms. The summed E-state index contributed by atoms with van der Waals surface area (Å²) in [7, 11) is 1.76. The number of carbonyl (C=O) groups excluding carboxylic acids is 1. The van der Waals surface area contributed by atoms with E-state index >= 15 is 0 Å². The van der Waals surface area contributed by atoms with Crippen LogP contribution in [0.2, 0.25) is 0 Å². The van der Waals surface area contributed by atoms with Gasteiger partial charge >= 0.3 is 0 Å². The molecule has 0 heterocycles. The Bertz CT molecular complexity index is 559. The zero-order valence-corrected chi connectivity index (χ0v) is 12.4. The third-order valence-corrected chi connectivity index (χ3v) is 3.96. The van der Waals surface area contributed by atoms with Gasteiger partial charge in [0.2, 0.25) is 0 Å². The summed E-state index contributed by atoms with van der Waals surface area (Å²) >= 11 is 0. The highest BCUT2D eigenvalue weighted by Gasteiger charge is 2.29. The summed E-state index contributed by atoms with van der Waals surface area (Å²) in [6.45, 7) is 0.298. The predicted octanol–water partition coefficient (Wildman–Crippen LogP) is 1.37. The SMILES string of the molecule is CN(C(=O)c1cccc(C#CCN)c1)C1CCCCC1O. The number of nitrogens with two attached hydrogens (primary N) is 1. The van der Waals surface area contributed by atoms with Crippen LogP contribution in [-0.4, -0.2) is 41.7 Å². The maximum atomic E-state index is 12.6. The number of carbonyl (C=O) groups is 1. The van der Waals surface area contributed by atoms with E-state index in [0.717, 1.165) is 31.2 Å². The first-order chi connectivity index (χ1) is 10.1. The van der Waals surface area contributed by atoms with Gasteiger partial charge in [-0.25, -0.2) is 0 Å². The third kappa shape index (κ3) is 3.84. The Morgan fingerprint density at radius 2 is 2.19 bits per heavy atom. The quantitative estimate of drug-likeness (QED) is 0.807. The van der Waals surface area contributed by atoms with Gasteiger partial charge < -0.3 is 15.7 Å². The van der Waals surface area contributed by atoms with Crippen LogP contribution in [0.1, 0.15) is 41.6 Å². The average Bonchev–Trinajstić information content (AvgIpc) is 2.52. The second-order valence-electron chi connectivity index (χ2n) is 5.42. The number of hydrogen-bond donors (Lipinski definition) is 2. The van der Waals surface area contributed by atoms with Gasteiger partial charge in [-0.05, 0) is 31.0 Å². The van der Waals surface area contributed by atoms with Crippen molar-refractivity contribution in [3.05, 3.63) is 35.4 Å². The number of nitrogens with zero attached hydrogens (tertiary/aromatic N) is 1. The maximum Gasteiger partial charge on any atom is 0.253 e. The Balaban J connectivity index is 2.15. The fourth-order valence-electron chi connectivity index (χ4n) is 2.78. The first-order valence-electron chi connectivity index (χ1n) is 7.37. The van der Waals surface area contributed by atoms with E-state index in [0.29, 0.717) is 12.1 Å². The van der Waals surface area contributed by atoms with E-state index in [-0.39, 0.29) is 11.9 Å². The summed E-state index contributed by atoms with van der Waals surface area (Å²) in [5.41, 5.74) is 6.74. The van der Waals surface area contributed by atoms with Crippen LogP contribution >= 0.6 is 0 Å². The summed E-state index contributed by atoms with van der Waals surface area (Å²) in [4.78, 5) is 14.2. The molecule has 1 aromatic rings. The molecule has 0 spiro atoms. The monoisotopic (exact) mass is 286 g/mol. The summed E-state index contributed by atoms with van der Waals surface area (Å²) in [5.74, 6) is 5.64. The largest absolute Gasteiger partial charge is 0.391 e. The summed E-state index contributed by atoms with van der Waals surface area (Å²) in [5, 5.41) is 10.1. The van der Waals surface area contributed by atoms with E-state index in [9.17, 15) is 9.90 Å². The average molecular weight is 286 g/mol. The van der Waals surface area contributed by atoms with Crippen LogP contribution in [0.15, 0.2) is 24.3 Å². The van der Waals surface area contributed by atoms with Crippen LogP contribution in [0.4, 0.5) is 0 Å². The number of likely N-dealkylation sites (N-methyl/N-ethyl adjacent to an activating group) is 1. The topological polar surface area (TPSA) is 66.6 Å². The van der Waals surface area contributed by atoms with E-state index in [4.69, 9.17) is 5.73 Å². The molecule has 1 amide bonds. The Morgan fingerprint density at radius 3 is 2.90 bits per heavy atom. The van der Waals surface area contributed by atoms with Crippen molar-refractivity contribution in [1.82, 2.24) is 4.90 Å². The molecule has 1 saturated carbocycles. The minimum Gasteiger partial charge on any atom is -0.391 e. The van der Waals surface area contributed by atoms with Crippen LogP contribution in [0.5, 0.6) is 0 Å². The molecule has 2 rings (SSSR count). The Labute approximate surface area is 125 Å². The van der Waals surface area contributed by atoms with E-state index in [1.54, 1.807) is 24.1 Å². The van der Waals surface area contributed by atoms with Gasteiger partial charge in [-0.2, -0.15) is 0 Å². The van der Waals surface area contributed by atoms with Gasteiger partial charge in [-0.15, -0.1) is 0 Å². The van der Waals surface area contributed by atoms with Crippen molar-refractivity contribution in [2.75, 3.05) is 13.6 Å². The number of hydrogen-bond acceptors (Lipinski definition) is 3. The standard InChI is InChI=1S/C17H22N2O2/c1-19(15-9-2-3-10-16(15)20)17(21)14-8-4-6-13(12-14)7-5-11-18/h4,6,8,12,15-16,20H,2-3,9-11,18H2,1H3. The highest BCUT2D eigenvalue weighted by atomic mass is 16.3. The van der Waals surface area contributed by atoms with E-state index in [2.05, 4.69) is 11.8 Å². The molecule has 3 N–H and O–H groups in total. The molecular weight excluding hydrogens is 264 g/mol. The Kier molecular flexibility index (Phi) is 5.38. The highest BCUT2D eigenvalue weighted by molar-refractivity contribution is 5.94. The van der Waals surface area contributed by atoms with Crippen molar-refractivity contribution in [2.45, 2.75) is 37.8 Å². The highest BCUT2D eigenvalue weighted by Crippen LogP contribution is 2.23. The van der Waals surface area contributed by atoms with Crippen molar-refractivity contribution < 1.29 is 9.90 Å². The van der Waals surface area contributed by atoms with Gasteiger partial charge in [-0.3, -0.25) is 4.79 Å². The molecule has 0 aliphatic heterocycles. The molecule has 4 heteroatoms. The van der Waals surface area contributed by atoms with Gasteiger partial charge in [0, 0.05) is 18.2 Å². The molecule has 0 radical (unpaired) electrons. The lowest BCUT2D eigenvalue weighted by Crippen LogP contribution is -2.46. The van der Waals surface area contributed by atoms with Crippen molar-refractivity contribution in [3.8, 4) is 11.8 Å². The fourth-order valence-corrected chi connectivity index (χ4v) is 2.78. The number of aliphatic hydroxyl groups is 1. The molecule has 1 aliphatic rings. The minimum absolute atomic E-state index is 0.0719. The molecule has 112 valence electrons. The number of rotatable bonds is 2. The molecule has 1 fully saturated rings. The predicted molar refractivity (Wildman–Crippen MR) is 82.7 cm³/mol. The summed E-state index contributed by atoms with van der Waals surface area (Å²) < 4.78 is 0. The van der Waals surface area contributed by atoms with E-state index in [1.807, 2.05) is 12.1 Å². The van der Waals surface area contributed by atoms with Crippen LogP contribution in [-0.2, 0) is 0 Å². The molecule has 0 saturated heterocycles. The molecule has 2 unspecified atom stereocenters. The Morgan fingerprint density at radius 1 is 1.43 bits per heavy atom. The summed E-state index contributed by atoms with van der Waals surface area (Å²) in [6.07, 6.45) is 3.29. The second-order valence-corrected chi connectivity index (χ2v) is 5.42. The number of amides is 1. The van der Waals surface area contributed by atoms with Crippen LogP contribution in [0.3, 0.4) is 0 Å². The van der Waals surface area contributed by atoms with Gasteiger partial charge in [-0.1, -0.05) is 30.7 Å². The lowest BCUT2D eigenvalue weighted by molar-refractivity contribution is 0.0268. The first kappa shape index (κ1) is 15.6. The van der Waals surface area contributed by atoms with Crippen molar-refractivity contribution in [3.63, 3.8) is 0 Å². The van der Waals surface area contributed by atoms with Crippen molar-refractivity contribution in [2.24, 2.45) is 5.73 Å². The third-order valence-electron chi connectivity index (χ3n) is 3.96. The lowest BCUT2D eigenvalue weighted by Gasteiger charge is -2.35. The van der Waals surface area contributed by atoms with Gasteiger partial charge in [0.15, 0.2) is 0 Å². The zero-order chi connectivity index (χ0) is 15.2. The molecule has 0 aromatic heterocycles. The Hall–Kier alpha value is -1.83. The molecule has 1 aromatic carbocycles. The normalized spacial score (nSPS) is 21.3. The van der Waals surface area contributed by atoms with Crippen molar-refractivity contribution >= 4 is 5.91 Å². The minimum atomic E-state index is -0.423. The maximum absolute atomic E-state index is 12.6. The van der Waals surface area contributed by atoms with E-state index in [1.165, 1.54) is 0 Å². The molecule has 2 atom stereocenters. The van der Waals surface area contributed by atoms with Gasteiger partial charge in [0.05, 0.1) is 18.7 Å². The number of benzene rings is 1. The van der Waals surface area contributed by atoms with Gasteiger partial charge in [0.1, 0.15) is 0 Å². The van der Waals surface area contributed by atoms with Gasteiger partial charge in [0.25, 0.3) is 5.91 Å². The first-order valence-corrected chi connectivity index (χ1v) is 7.37. The molecular formula is C17H22N2O2. The van der Waals surface area contributed by atoms with Crippen LogP contribution in [0, 0.1) is 11.8 Å². The van der Waals surface area contributed by atoms with Crippen molar-refractivity contribution in [1.29, 1.82) is 0 Å². The molecule has 1 aliphatic carbocycles. The molecule has 4 nitrogen and oxygen atoms in total. The molecule has 0 bridgehead atoms. The summed E-state index contributed by atoms with van der Waals surface area (Å²) in [6, 6.07) is 7.14. The second kappa shape index (κ2) is 7.26. The lowest BCUT2D eigenvalue weighted by atomic mass is 9.91. The number of aliphatic hydroxyl groups excluding tert-OH is 1. The fraction of sp³-hybridized carbons (Fsp3) is 0.471. The van der Waals surface area contributed by atoms with Crippen LogP contribution in [0.25, 0.3) is 0 Å².